The van der Waals surface area contributed by atoms with Crippen molar-refractivity contribution in [3.63, 3.8) is 0 Å². The molecule has 4 nitrogen and oxygen atoms in total. The molecule has 1 aromatic heterocycles. The van der Waals surface area contributed by atoms with Crippen LogP contribution < -0.4 is 15.2 Å². The number of benzene rings is 1. The third kappa shape index (κ3) is 2.50. The van der Waals surface area contributed by atoms with Crippen molar-refractivity contribution in [1.29, 1.82) is 0 Å². The fourth-order valence-corrected chi connectivity index (χ4v) is 3.23. The Morgan fingerprint density at radius 3 is 2.67 bits per heavy atom. The lowest BCUT2D eigenvalue weighted by atomic mass is 10.1. The SMILES string of the molecule is COc1ccc(OC)c(-c2sc(CN)nc2Br)c1. The van der Waals surface area contributed by atoms with Crippen LogP contribution in [0.5, 0.6) is 11.5 Å². The molecule has 0 aliphatic carbocycles. The van der Waals surface area contributed by atoms with E-state index in [2.05, 4.69) is 20.9 Å². The Morgan fingerprint density at radius 1 is 1.33 bits per heavy atom. The molecular formula is C12H13BrN2O2S. The Balaban J connectivity index is 2.56. The molecule has 0 saturated heterocycles. The van der Waals surface area contributed by atoms with Crippen LogP contribution >= 0.6 is 27.3 Å². The maximum atomic E-state index is 5.61. The number of thiazole rings is 1. The zero-order valence-electron chi connectivity index (χ0n) is 10.1. The van der Waals surface area contributed by atoms with E-state index in [4.69, 9.17) is 15.2 Å². The van der Waals surface area contributed by atoms with Crippen LogP contribution in [0.3, 0.4) is 0 Å². The van der Waals surface area contributed by atoms with Crippen LogP contribution in [0.4, 0.5) is 0 Å². The minimum Gasteiger partial charge on any atom is -0.497 e. The predicted octanol–water partition coefficient (Wildman–Crippen LogP) is 3.05. The molecular weight excluding hydrogens is 316 g/mol. The average molecular weight is 329 g/mol. The molecule has 0 saturated carbocycles. The van der Waals surface area contributed by atoms with Crippen molar-refractivity contribution >= 4 is 27.3 Å². The summed E-state index contributed by atoms with van der Waals surface area (Å²) in [4.78, 5) is 5.34. The molecule has 0 fully saturated rings. The molecule has 0 bridgehead atoms. The highest BCUT2D eigenvalue weighted by Gasteiger charge is 2.15. The molecule has 0 aliphatic heterocycles. The van der Waals surface area contributed by atoms with Crippen LogP contribution in [0.2, 0.25) is 0 Å². The van der Waals surface area contributed by atoms with Crippen molar-refractivity contribution in [3.8, 4) is 21.9 Å². The second-order valence-electron chi connectivity index (χ2n) is 3.50. The van der Waals surface area contributed by atoms with Crippen molar-refractivity contribution in [1.82, 2.24) is 4.98 Å². The third-order valence-electron chi connectivity index (χ3n) is 2.46. The average Bonchev–Trinajstić information content (AvgIpc) is 2.79. The van der Waals surface area contributed by atoms with Crippen LogP contribution in [-0.4, -0.2) is 19.2 Å². The fraction of sp³-hybridized carbons (Fsp3) is 0.250. The lowest BCUT2D eigenvalue weighted by Crippen LogP contribution is -1.93. The summed E-state index contributed by atoms with van der Waals surface area (Å²) in [6, 6.07) is 5.67. The minimum absolute atomic E-state index is 0.426. The van der Waals surface area contributed by atoms with Crippen LogP contribution in [0.15, 0.2) is 22.8 Å². The zero-order chi connectivity index (χ0) is 13.1. The molecule has 0 amide bonds. The summed E-state index contributed by atoms with van der Waals surface area (Å²) < 4.78 is 11.4. The topological polar surface area (TPSA) is 57.4 Å². The summed E-state index contributed by atoms with van der Waals surface area (Å²) >= 11 is 4.99. The first-order chi connectivity index (χ1) is 8.69. The van der Waals surface area contributed by atoms with Gasteiger partial charge in [0.2, 0.25) is 0 Å². The molecule has 2 N–H and O–H groups in total. The Morgan fingerprint density at radius 2 is 2.11 bits per heavy atom. The number of ether oxygens (including phenoxy) is 2. The fourth-order valence-electron chi connectivity index (χ4n) is 1.59. The van der Waals surface area contributed by atoms with Gasteiger partial charge in [-0.15, -0.1) is 11.3 Å². The van der Waals surface area contributed by atoms with Gasteiger partial charge in [0.05, 0.1) is 19.1 Å². The number of aromatic nitrogens is 1. The first-order valence-electron chi connectivity index (χ1n) is 5.27. The molecule has 0 radical (unpaired) electrons. The van der Waals surface area contributed by atoms with Gasteiger partial charge in [-0.3, -0.25) is 0 Å². The molecule has 0 spiro atoms. The lowest BCUT2D eigenvalue weighted by Gasteiger charge is -2.09. The first-order valence-corrected chi connectivity index (χ1v) is 6.88. The summed E-state index contributed by atoms with van der Waals surface area (Å²) in [5.74, 6) is 1.56. The summed E-state index contributed by atoms with van der Waals surface area (Å²) in [5, 5.41) is 0.877. The summed E-state index contributed by atoms with van der Waals surface area (Å²) in [7, 11) is 3.28. The first kappa shape index (κ1) is 13.3. The van der Waals surface area contributed by atoms with Gasteiger partial charge in [0.25, 0.3) is 0 Å². The highest BCUT2D eigenvalue weighted by atomic mass is 79.9. The number of halogens is 1. The van der Waals surface area contributed by atoms with Crippen molar-refractivity contribution in [2.24, 2.45) is 5.73 Å². The van der Waals surface area contributed by atoms with Gasteiger partial charge in [-0.2, -0.15) is 0 Å². The van der Waals surface area contributed by atoms with E-state index in [1.807, 2.05) is 18.2 Å². The summed E-state index contributed by atoms with van der Waals surface area (Å²) in [6.45, 7) is 0.426. The van der Waals surface area contributed by atoms with Crippen molar-refractivity contribution in [2.45, 2.75) is 6.54 Å². The van der Waals surface area contributed by atoms with Crippen LogP contribution in [0.1, 0.15) is 5.01 Å². The number of nitrogens with two attached hydrogens (primary N) is 1. The van der Waals surface area contributed by atoms with Crippen LogP contribution in [-0.2, 0) is 6.54 Å². The van der Waals surface area contributed by atoms with E-state index in [-0.39, 0.29) is 0 Å². The quantitative estimate of drug-likeness (QED) is 0.937. The molecule has 2 aromatic rings. The van der Waals surface area contributed by atoms with E-state index < -0.39 is 0 Å². The van der Waals surface area contributed by atoms with Crippen molar-refractivity contribution in [3.05, 3.63) is 27.8 Å². The third-order valence-corrected chi connectivity index (χ3v) is 4.40. The maximum absolute atomic E-state index is 5.61. The molecule has 96 valence electrons. The summed E-state index contributed by atoms with van der Waals surface area (Å²) in [6.07, 6.45) is 0. The smallest absolute Gasteiger partial charge is 0.127 e. The highest BCUT2D eigenvalue weighted by Crippen LogP contribution is 2.40. The number of hydrogen-bond donors (Lipinski definition) is 1. The molecule has 0 atom stereocenters. The number of nitrogens with zero attached hydrogens (tertiary/aromatic N) is 1. The molecule has 6 heteroatoms. The normalized spacial score (nSPS) is 10.4. The molecule has 1 heterocycles. The van der Waals surface area contributed by atoms with Gasteiger partial charge in [-0.25, -0.2) is 4.98 Å². The standard InChI is InChI=1S/C12H13BrN2O2S/c1-16-7-3-4-9(17-2)8(5-7)11-12(13)15-10(6-14)18-11/h3-5H,6,14H2,1-2H3. The number of rotatable bonds is 4. The Hall–Kier alpha value is -1.11. The molecule has 0 unspecified atom stereocenters. The van der Waals surface area contributed by atoms with Gasteiger partial charge in [-0.05, 0) is 34.1 Å². The largest absolute Gasteiger partial charge is 0.497 e. The van der Waals surface area contributed by atoms with Crippen LogP contribution in [0.25, 0.3) is 10.4 Å². The van der Waals surface area contributed by atoms with Gasteiger partial charge < -0.3 is 15.2 Å². The van der Waals surface area contributed by atoms with E-state index >= 15 is 0 Å². The zero-order valence-corrected chi connectivity index (χ0v) is 12.5. The second kappa shape index (κ2) is 5.69. The van der Waals surface area contributed by atoms with Gasteiger partial charge in [-0.1, -0.05) is 0 Å². The Labute approximate surface area is 118 Å². The molecule has 18 heavy (non-hydrogen) atoms. The van der Waals surface area contributed by atoms with Gasteiger partial charge >= 0.3 is 0 Å². The van der Waals surface area contributed by atoms with Gasteiger partial charge in [0, 0.05) is 12.1 Å². The van der Waals surface area contributed by atoms with E-state index in [0.717, 1.165) is 31.6 Å². The van der Waals surface area contributed by atoms with E-state index in [1.165, 1.54) is 0 Å². The second-order valence-corrected chi connectivity index (χ2v) is 5.33. The Kier molecular flexibility index (Phi) is 4.21. The van der Waals surface area contributed by atoms with Gasteiger partial charge in [0.15, 0.2) is 0 Å². The highest BCUT2D eigenvalue weighted by molar-refractivity contribution is 9.10. The van der Waals surface area contributed by atoms with Gasteiger partial charge in [0.1, 0.15) is 21.1 Å². The Bertz CT molecular complexity index is 557. The monoisotopic (exact) mass is 328 g/mol. The summed E-state index contributed by atoms with van der Waals surface area (Å²) in [5.41, 5.74) is 6.55. The van der Waals surface area contributed by atoms with E-state index in [0.29, 0.717) is 6.54 Å². The lowest BCUT2D eigenvalue weighted by molar-refractivity contribution is 0.404. The van der Waals surface area contributed by atoms with Crippen LogP contribution in [0, 0.1) is 0 Å². The maximum Gasteiger partial charge on any atom is 0.127 e. The molecule has 2 rings (SSSR count). The number of hydrogen-bond acceptors (Lipinski definition) is 5. The minimum atomic E-state index is 0.426. The van der Waals surface area contributed by atoms with Crippen molar-refractivity contribution < 1.29 is 9.47 Å². The number of methoxy groups -OCH3 is 2. The molecule has 1 aromatic carbocycles. The van der Waals surface area contributed by atoms with E-state index in [9.17, 15) is 0 Å². The predicted molar refractivity (Wildman–Crippen MR) is 76.2 cm³/mol. The molecule has 0 aliphatic rings. The van der Waals surface area contributed by atoms with E-state index in [1.54, 1.807) is 25.6 Å². The van der Waals surface area contributed by atoms with Crippen molar-refractivity contribution in [2.75, 3.05) is 14.2 Å².